The fourth-order valence-corrected chi connectivity index (χ4v) is 3.55. The van der Waals surface area contributed by atoms with Crippen molar-refractivity contribution in [1.29, 1.82) is 0 Å². The molecule has 0 aliphatic carbocycles. The molecule has 4 aromatic rings. The number of rotatable bonds is 2. The monoisotopic (exact) mass is 302 g/mol. The molecule has 2 aromatic heterocycles. The average molecular weight is 302 g/mol. The zero-order valence-corrected chi connectivity index (χ0v) is 13.0. The summed E-state index contributed by atoms with van der Waals surface area (Å²) in [6.07, 6.45) is 3.65. The van der Waals surface area contributed by atoms with Crippen LogP contribution in [0.1, 0.15) is 5.56 Å². The van der Waals surface area contributed by atoms with Crippen LogP contribution in [-0.4, -0.2) is 9.97 Å². The Kier molecular flexibility index (Phi) is 3.28. The van der Waals surface area contributed by atoms with Crippen molar-refractivity contribution < 1.29 is 0 Å². The van der Waals surface area contributed by atoms with E-state index in [1.807, 2.05) is 24.5 Å². The highest BCUT2D eigenvalue weighted by atomic mass is 32.2. The van der Waals surface area contributed by atoms with Crippen molar-refractivity contribution in [3.63, 3.8) is 0 Å². The summed E-state index contributed by atoms with van der Waals surface area (Å²) in [4.78, 5) is 11.5. The van der Waals surface area contributed by atoms with Gasteiger partial charge in [0, 0.05) is 33.0 Å². The van der Waals surface area contributed by atoms with Crippen molar-refractivity contribution >= 4 is 33.6 Å². The first kappa shape index (κ1) is 13.3. The lowest BCUT2D eigenvalue weighted by atomic mass is 10.1. The molecule has 0 aliphatic heterocycles. The molecule has 4 rings (SSSR count). The number of hydrogen-bond donors (Lipinski definition) is 0. The Bertz CT molecular complexity index is 962. The number of aryl methyl sites for hydroxylation is 1. The van der Waals surface area contributed by atoms with E-state index in [4.69, 9.17) is 0 Å². The molecule has 3 heteroatoms. The van der Waals surface area contributed by atoms with E-state index in [-0.39, 0.29) is 0 Å². The number of nitrogens with zero attached hydrogens (tertiary/aromatic N) is 2. The van der Waals surface area contributed by atoms with Crippen LogP contribution in [0.5, 0.6) is 0 Å². The smallest absolute Gasteiger partial charge is 0.0975 e. The topological polar surface area (TPSA) is 25.8 Å². The number of aromatic nitrogens is 2. The highest BCUT2D eigenvalue weighted by molar-refractivity contribution is 7.99. The molecule has 2 aromatic carbocycles. The van der Waals surface area contributed by atoms with Crippen LogP contribution in [0.4, 0.5) is 0 Å². The SMILES string of the molecule is Cc1ccc(Sc2cc3cccnc3c3ncccc23)cc1. The van der Waals surface area contributed by atoms with Gasteiger partial charge in [-0.05, 0) is 37.3 Å². The van der Waals surface area contributed by atoms with Gasteiger partial charge in [0.1, 0.15) is 0 Å². The molecule has 0 atom stereocenters. The molecule has 2 nitrogen and oxygen atoms in total. The van der Waals surface area contributed by atoms with Crippen molar-refractivity contribution in [2.45, 2.75) is 16.7 Å². The molecule has 0 aliphatic rings. The summed E-state index contributed by atoms with van der Waals surface area (Å²) in [6, 6.07) is 19.0. The maximum absolute atomic E-state index is 4.55. The second kappa shape index (κ2) is 5.43. The highest BCUT2D eigenvalue weighted by Crippen LogP contribution is 2.36. The summed E-state index contributed by atoms with van der Waals surface area (Å²) < 4.78 is 0. The summed E-state index contributed by atoms with van der Waals surface area (Å²) in [6.45, 7) is 2.11. The van der Waals surface area contributed by atoms with Gasteiger partial charge in [-0.2, -0.15) is 0 Å². The van der Waals surface area contributed by atoms with Crippen molar-refractivity contribution in [3.05, 3.63) is 72.6 Å². The van der Waals surface area contributed by atoms with E-state index in [2.05, 4.69) is 59.4 Å². The van der Waals surface area contributed by atoms with Crippen LogP contribution in [0.25, 0.3) is 21.8 Å². The van der Waals surface area contributed by atoms with Crippen LogP contribution < -0.4 is 0 Å². The van der Waals surface area contributed by atoms with Gasteiger partial charge in [0.25, 0.3) is 0 Å². The van der Waals surface area contributed by atoms with E-state index < -0.39 is 0 Å². The fourth-order valence-electron chi connectivity index (χ4n) is 2.56. The number of benzene rings is 2. The normalized spacial score (nSPS) is 11.1. The van der Waals surface area contributed by atoms with E-state index in [1.54, 1.807) is 11.8 Å². The number of fused-ring (bicyclic) bond motifs is 3. The summed E-state index contributed by atoms with van der Waals surface area (Å²) in [5, 5.41) is 2.28. The molecule has 106 valence electrons. The number of pyridine rings is 2. The van der Waals surface area contributed by atoms with Crippen molar-refractivity contribution in [1.82, 2.24) is 9.97 Å². The van der Waals surface area contributed by atoms with Crippen molar-refractivity contribution in [2.24, 2.45) is 0 Å². The molecular formula is C19H14N2S. The standard InChI is InChI=1S/C19H14N2S/c1-13-6-8-15(9-7-13)22-17-12-14-4-2-10-20-18(14)19-16(17)5-3-11-21-19/h2-12H,1H3. The second-order valence-electron chi connectivity index (χ2n) is 5.26. The van der Waals surface area contributed by atoms with Gasteiger partial charge in [-0.15, -0.1) is 0 Å². The second-order valence-corrected chi connectivity index (χ2v) is 6.38. The summed E-state index contributed by atoms with van der Waals surface area (Å²) in [5.74, 6) is 0. The van der Waals surface area contributed by atoms with E-state index >= 15 is 0 Å². The van der Waals surface area contributed by atoms with E-state index in [0.717, 1.165) is 21.8 Å². The third-order valence-corrected chi connectivity index (χ3v) is 4.74. The van der Waals surface area contributed by atoms with Gasteiger partial charge in [-0.1, -0.05) is 41.6 Å². The Morgan fingerprint density at radius 3 is 2.36 bits per heavy atom. The molecule has 0 fully saturated rings. The lowest BCUT2D eigenvalue weighted by Gasteiger charge is -2.09. The van der Waals surface area contributed by atoms with Gasteiger partial charge in [-0.3, -0.25) is 9.97 Å². The zero-order chi connectivity index (χ0) is 14.9. The van der Waals surface area contributed by atoms with Crippen molar-refractivity contribution in [3.8, 4) is 0 Å². The minimum absolute atomic E-state index is 0.964. The van der Waals surface area contributed by atoms with Gasteiger partial charge in [0.15, 0.2) is 0 Å². The van der Waals surface area contributed by atoms with Gasteiger partial charge in [-0.25, -0.2) is 0 Å². The molecule has 0 bridgehead atoms. The molecule has 0 saturated heterocycles. The van der Waals surface area contributed by atoms with E-state index in [9.17, 15) is 0 Å². The molecule has 2 heterocycles. The minimum atomic E-state index is 0.964. The molecule has 0 saturated carbocycles. The Hall–Kier alpha value is -2.39. The zero-order valence-electron chi connectivity index (χ0n) is 12.2. The maximum atomic E-state index is 4.55. The van der Waals surface area contributed by atoms with Gasteiger partial charge < -0.3 is 0 Å². The first-order valence-electron chi connectivity index (χ1n) is 7.18. The first-order chi connectivity index (χ1) is 10.8. The van der Waals surface area contributed by atoms with Gasteiger partial charge in [0.2, 0.25) is 0 Å². The van der Waals surface area contributed by atoms with Crippen LogP contribution in [0.15, 0.2) is 76.8 Å². The van der Waals surface area contributed by atoms with Crippen LogP contribution in [-0.2, 0) is 0 Å². The van der Waals surface area contributed by atoms with E-state index in [0.29, 0.717) is 0 Å². The minimum Gasteiger partial charge on any atom is -0.254 e. The van der Waals surface area contributed by atoms with Crippen LogP contribution in [0.3, 0.4) is 0 Å². The Balaban J connectivity index is 1.93. The largest absolute Gasteiger partial charge is 0.254 e. The predicted molar refractivity (Wildman–Crippen MR) is 92.3 cm³/mol. The Morgan fingerprint density at radius 1 is 0.818 bits per heavy atom. The fraction of sp³-hybridized carbons (Fsp3) is 0.0526. The predicted octanol–water partition coefficient (Wildman–Crippen LogP) is 5.24. The molecular weight excluding hydrogens is 288 g/mol. The first-order valence-corrected chi connectivity index (χ1v) is 8.00. The van der Waals surface area contributed by atoms with Gasteiger partial charge >= 0.3 is 0 Å². The van der Waals surface area contributed by atoms with Crippen LogP contribution >= 0.6 is 11.8 Å². The van der Waals surface area contributed by atoms with Crippen molar-refractivity contribution in [2.75, 3.05) is 0 Å². The maximum Gasteiger partial charge on any atom is 0.0975 e. The number of hydrogen-bond acceptors (Lipinski definition) is 3. The third-order valence-electron chi connectivity index (χ3n) is 3.67. The molecule has 0 spiro atoms. The van der Waals surface area contributed by atoms with Gasteiger partial charge in [0.05, 0.1) is 11.0 Å². The summed E-state index contributed by atoms with van der Waals surface area (Å²) in [5.41, 5.74) is 3.21. The Morgan fingerprint density at radius 2 is 1.55 bits per heavy atom. The lowest BCUT2D eigenvalue weighted by molar-refractivity contribution is 1.35. The third kappa shape index (κ3) is 2.34. The van der Waals surface area contributed by atoms with E-state index in [1.165, 1.54) is 15.4 Å². The molecule has 0 amide bonds. The van der Waals surface area contributed by atoms with Crippen LogP contribution in [0, 0.1) is 6.92 Å². The molecule has 0 N–H and O–H groups in total. The summed E-state index contributed by atoms with van der Waals surface area (Å²) >= 11 is 1.77. The molecule has 0 radical (unpaired) electrons. The summed E-state index contributed by atoms with van der Waals surface area (Å²) in [7, 11) is 0. The Labute approximate surface area is 133 Å². The molecule has 22 heavy (non-hydrogen) atoms. The molecule has 0 unspecified atom stereocenters. The lowest BCUT2D eigenvalue weighted by Crippen LogP contribution is -1.87. The highest BCUT2D eigenvalue weighted by Gasteiger charge is 2.09. The average Bonchev–Trinajstić information content (AvgIpc) is 2.57. The quantitative estimate of drug-likeness (QED) is 0.473. The van der Waals surface area contributed by atoms with Crippen LogP contribution in [0.2, 0.25) is 0 Å².